The molecule has 0 atom stereocenters. The van der Waals surface area contributed by atoms with Crippen molar-refractivity contribution in [2.75, 3.05) is 6.54 Å². The van der Waals surface area contributed by atoms with Gasteiger partial charge in [0.15, 0.2) is 0 Å². The van der Waals surface area contributed by atoms with Crippen molar-refractivity contribution in [3.63, 3.8) is 0 Å². The highest BCUT2D eigenvalue weighted by Gasteiger charge is 2.24. The molecule has 1 aliphatic rings. The molecule has 3 N–H and O–H groups in total. The zero-order valence-corrected chi connectivity index (χ0v) is 12.2. The second kappa shape index (κ2) is 5.69. The van der Waals surface area contributed by atoms with Gasteiger partial charge in [0.05, 0.1) is 0 Å². The van der Waals surface area contributed by atoms with Crippen LogP contribution >= 0.6 is 11.3 Å². The molecule has 0 spiro atoms. The molecule has 0 amide bonds. The fourth-order valence-corrected chi connectivity index (χ4v) is 5.32. The van der Waals surface area contributed by atoms with Crippen molar-refractivity contribution in [1.82, 2.24) is 4.72 Å². The largest absolute Gasteiger partial charge is 0.326 e. The number of hydrogen-bond acceptors (Lipinski definition) is 4. The SMILES string of the molecule is Cc1csc(CN)c1S(=O)(=O)NCC1CCCC1. The van der Waals surface area contributed by atoms with E-state index in [1.807, 2.05) is 12.3 Å². The van der Waals surface area contributed by atoms with Crippen molar-refractivity contribution in [3.8, 4) is 0 Å². The van der Waals surface area contributed by atoms with E-state index in [-0.39, 0.29) is 6.54 Å². The molecule has 6 heteroatoms. The van der Waals surface area contributed by atoms with E-state index in [2.05, 4.69) is 4.72 Å². The van der Waals surface area contributed by atoms with Crippen LogP contribution in [0.4, 0.5) is 0 Å². The molecule has 0 aromatic carbocycles. The molecular weight excluding hydrogens is 268 g/mol. The molecule has 0 radical (unpaired) electrons. The molecule has 2 rings (SSSR count). The minimum absolute atomic E-state index is 0.276. The Balaban J connectivity index is 2.11. The van der Waals surface area contributed by atoms with Gasteiger partial charge >= 0.3 is 0 Å². The van der Waals surface area contributed by atoms with Crippen LogP contribution in [-0.2, 0) is 16.6 Å². The monoisotopic (exact) mass is 288 g/mol. The van der Waals surface area contributed by atoms with Gasteiger partial charge in [0.1, 0.15) is 4.90 Å². The summed E-state index contributed by atoms with van der Waals surface area (Å²) >= 11 is 1.42. The number of thiophene rings is 1. The third-order valence-electron chi connectivity index (χ3n) is 3.48. The third kappa shape index (κ3) is 2.93. The topological polar surface area (TPSA) is 72.2 Å². The summed E-state index contributed by atoms with van der Waals surface area (Å²) in [7, 11) is -3.40. The Labute approximate surface area is 113 Å². The normalized spacial score (nSPS) is 17.4. The molecule has 0 aliphatic heterocycles. The minimum Gasteiger partial charge on any atom is -0.326 e. The van der Waals surface area contributed by atoms with E-state index in [9.17, 15) is 8.42 Å². The second-order valence-corrected chi connectivity index (χ2v) is 7.55. The lowest BCUT2D eigenvalue weighted by atomic mass is 10.1. The quantitative estimate of drug-likeness (QED) is 0.870. The van der Waals surface area contributed by atoms with Gasteiger partial charge in [0.2, 0.25) is 10.0 Å². The summed E-state index contributed by atoms with van der Waals surface area (Å²) < 4.78 is 27.3. The molecular formula is C12H20N2O2S2. The van der Waals surface area contributed by atoms with Gasteiger partial charge in [0, 0.05) is 18.0 Å². The third-order valence-corrected chi connectivity index (χ3v) is 6.39. The zero-order chi connectivity index (χ0) is 13.2. The van der Waals surface area contributed by atoms with Crippen LogP contribution in [0.1, 0.15) is 36.1 Å². The predicted molar refractivity (Wildman–Crippen MR) is 74.1 cm³/mol. The maximum Gasteiger partial charge on any atom is 0.241 e. The first-order chi connectivity index (χ1) is 8.54. The van der Waals surface area contributed by atoms with Crippen LogP contribution in [0, 0.1) is 12.8 Å². The van der Waals surface area contributed by atoms with Crippen molar-refractivity contribution in [2.45, 2.75) is 44.0 Å². The van der Waals surface area contributed by atoms with Crippen LogP contribution in [-0.4, -0.2) is 15.0 Å². The summed E-state index contributed by atoms with van der Waals surface area (Å²) in [6.45, 7) is 2.65. The Morgan fingerprint density at radius 2 is 2.11 bits per heavy atom. The summed E-state index contributed by atoms with van der Waals surface area (Å²) in [4.78, 5) is 1.14. The Hall–Kier alpha value is -0.430. The number of nitrogens with one attached hydrogen (secondary N) is 1. The van der Waals surface area contributed by atoms with Crippen LogP contribution < -0.4 is 10.5 Å². The van der Waals surface area contributed by atoms with Gasteiger partial charge in [-0.15, -0.1) is 11.3 Å². The van der Waals surface area contributed by atoms with Gasteiger partial charge in [-0.1, -0.05) is 12.8 Å². The van der Waals surface area contributed by atoms with Crippen LogP contribution in [0.15, 0.2) is 10.3 Å². The fourth-order valence-electron chi connectivity index (χ4n) is 2.50. The molecule has 1 aromatic heterocycles. The standard InChI is InChI=1S/C12H20N2O2S2/c1-9-8-17-11(6-13)12(9)18(15,16)14-7-10-4-2-3-5-10/h8,10,14H,2-7,13H2,1H3. The molecule has 0 saturated heterocycles. The minimum atomic E-state index is -3.40. The Kier molecular flexibility index (Phi) is 4.42. The van der Waals surface area contributed by atoms with E-state index < -0.39 is 10.0 Å². The highest BCUT2D eigenvalue weighted by atomic mass is 32.2. The molecule has 102 valence electrons. The van der Waals surface area contributed by atoms with Gasteiger partial charge in [0.25, 0.3) is 0 Å². The van der Waals surface area contributed by atoms with Crippen LogP contribution in [0.25, 0.3) is 0 Å². The van der Waals surface area contributed by atoms with E-state index in [0.29, 0.717) is 17.4 Å². The summed E-state index contributed by atoms with van der Waals surface area (Å²) in [5.74, 6) is 0.500. The molecule has 4 nitrogen and oxygen atoms in total. The number of nitrogens with two attached hydrogens (primary N) is 1. The molecule has 1 heterocycles. The lowest BCUT2D eigenvalue weighted by Gasteiger charge is -2.12. The highest BCUT2D eigenvalue weighted by molar-refractivity contribution is 7.89. The molecule has 1 saturated carbocycles. The molecule has 1 aliphatic carbocycles. The first kappa shape index (κ1) is 14.0. The maximum atomic E-state index is 12.3. The van der Waals surface area contributed by atoms with E-state index in [1.165, 1.54) is 24.2 Å². The fraction of sp³-hybridized carbons (Fsp3) is 0.667. The summed E-state index contributed by atoms with van der Waals surface area (Å²) in [5, 5.41) is 1.85. The first-order valence-electron chi connectivity index (χ1n) is 6.31. The average Bonchev–Trinajstić information content (AvgIpc) is 2.95. The molecule has 1 fully saturated rings. The van der Waals surface area contributed by atoms with Crippen molar-refractivity contribution in [3.05, 3.63) is 15.8 Å². The van der Waals surface area contributed by atoms with E-state index in [1.54, 1.807) is 0 Å². The van der Waals surface area contributed by atoms with E-state index in [4.69, 9.17) is 5.73 Å². The van der Waals surface area contributed by atoms with Crippen LogP contribution in [0.5, 0.6) is 0 Å². The first-order valence-corrected chi connectivity index (χ1v) is 8.67. The van der Waals surface area contributed by atoms with Gasteiger partial charge in [-0.3, -0.25) is 0 Å². The Bertz CT molecular complexity index is 502. The van der Waals surface area contributed by atoms with Gasteiger partial charge in [-0.2, -0.15) is 0 Å². The predicted octanol–water partition coefficient (Wildman–Crippen LogP) is 1.98. The molecule has 1 aromatic rings. The van der Waals surface area contributed by atoms with Gasteiger partial charge in [-0.25, -0.2) is 13.1 Å². The second-order valence-electron chi connectivity index (χ2n) is 4.88. The number of rotatable bonds is 5. The van der Waals surface area contributed by atoms with Crippen molar-refractivity contribution in [1.29, 1.82) is 0 Å². The maximum absolute atomic E-state index is 12.3. The van der Waals surface area contributed by atoms with Gasteiger partial charge in [-0.05, 0) is 36.6 Å². The number of sulfonamides is 1. The van der Waals surface area contributed by atoms with E-state index >= 15 is 0 Å². The van der Waals surface area contributed by atoms with Crippen molar-refractivity contribution in [2.24, 2.45) is 11.7 Å². The summed E-state index contributed by atoms with van der Waals surface area (Å²) in [6.07, 6.45) is 4.71. The van der Waals surface area contributed by atoms with Crippen molar-refractivity contribution >= 4 is 21.4 Å². The Morgan fingerprint density at radius 3 is 2.72 bits per heavy atom. The van der Waals surface area contributed by atoms with Crippen molar-refractivity contribution < 1.29 is 8.42 Å². The zero-order valence-electron chi connectivity index (χ0n) is 10.6. The van der Waals surface area contributed by atoms with Crippen LogP contribution in [0.2, 0.25) is 0 Å². The molecule has 0 bridgehead atoms. The summed E-state index contributed by atoms with van der Waals surface area (Å²) in [5.41, 5.74) is 6.39. The van der Waals surface area contributed by atoms with Crippen LogP contribution in [0.3, 0.4) is 0 Å². The lowest BCUT2D eigenvalue weighted by molar-refractivity contribution is 0.519. The Morgan fingerprint density at radius 1 is 1.44 bits per heavy atom. The van der Waals surface area contributed by atoms with Gasteiger partial charge < -0.3 is 5.73 Å². The lowest BCUT2D eigenvalue weighted by Crippen LogP contribution is -2.29. The average molecular weight is 288 g/mol. The van der Waals surface area contributed by atoms with E-state index in [0.717, 1.165) is 23.3 Å². The number of aryl methyl sites for hydroxylation is 1. The molecule has 18 heavy (non-hydrogen) atoms. The number of hydrogen-bond donors (Lipinski definition) is 2. The smallest absolute Gasteiger partial charge is 0.241 e. The molecule has 0 unspecified atom stereocenters. The highest BCUT2D eigenvalue weighted by Crippen LogP contribution is 2.28. The summed E-state index contributed by atoms with van der Waals surface area (Å²) in [6, 6.07) is 0.